The number of aromatic nitrogens is 2. The molecular formula is C19H23FN4O3S. The van der Waals surface area contributed by atoms with Crippen molar-refractivity contribution in [2.75, 3.05) is 20.3 Å². The van der Waals surface area contributed by atoms with Gasteiger partial charge in [0.1, 0.15) is 11.9 Å². The molecule has 0 unspecified atom stereocenters. The van der Waals surface area contributed by atoms with Gasteiger partial charge in [0.25, 0.3) is 5.91 Å². The van der Waals surface area contributed by atoms with Crippen LogP contribution in [0.4, 0.5) is 4.39 Å². The first-order valence-corrected chi connectivity index (χ1v) is 10.1. The van der Waals surface area contributed by atoms with Crippen molar-refractivity contribution in [2.45, 2.75) is 37.8 Å². The zero-order valence-electron chi connectivity index (χ0n) is 15.6. The number of methoxy groups -OCH3 is 1. The summed E-state index contributed by atoms with van der Waals surface area (Å²) < 4.78 is 23.5. The highest BCUT2D eigenvalue weighted by Crippen LogP contribution is 2.27. The Labute approximate surface area is 167 Å². The van der Waals surface area contributed by atoms with Crippen molar-refractivity contribution in [1.82, 2.24) is 19.8 Å². The van der Waals surface area contributed by atoms with Crippen molar-refractivity contribution in [1.29, 1.82) is 0 Å². The minimum absolute atomic E-state index is 0.0436. The second-order valence-corrected chi connectivity index (χ2v) is 7.31. The summed E-state index contributed by atoms with van der Waals surface area (Å²) in [5.74, 6) is -1.43. The Morgan fingerprint density at radius 1 is 1.36 bits per heavy atom. The highest BCUT2D eigenvalue weighted by molar-refractivity contribution is 7.03. The fourth-order valence-corrected chi connectivity index (χ4v) is 3.87. The molecule has 150 valence electrons. The van der Waals surface area contributed by atoms with Crippen LogP contribution in [-0.4, -0.2) is 52.6 Å². The summed E-state index contributed by atoms with van der Waals surface area (Å²) in [6.45, 7) is 0.314. The Balaban J connectivity index is 1.96. The first-order chi connectivity index (χ1) is 13.6. The monoisotopic (exact) mass is 406 g/mol. The van der Waals surface area contributed by atoms with Gasteiger partial charge >= 0.3 is 0 Å². The van der Waals surface area contributed by atoms with Crippen molar-refractivity contribution in [3.8, 4) is 0 Å². The Morgan fingerprint density at radius 3 is 2.75 bits per heavy atom. The molecule has 1 N–H and O–H groups in total. The summed E-state index contributed by atoms with van der Waals surface area (Å²) in [5, 5.41) is 8.31. The number of carbonyl (C=O) groups is 2. The van der Waals surface area contributed by atoms with Gasteiger partial charge in [0, 0.05) is 30.6 Å². The minimum atomic E-state index is -1.12. The van der Waals surface area contributed by atoms with E-state index in [4.69, 9.17) is 4.74 Å². The van der Waals surface area contributed by atoms with Crippen molar-refractivity contribution in [2.24, 2.45) is 0 Å². The number of amides is 2. The Bertz CT molecular complexity index is 796. The predicted molar refractivity (Wildman–Crippen MR) is 102 cm³/mol. The van der Waals surface area contributed by atoms with Crippen LogP contribution in [0.3, 0.4) is 0 Å². The van der Waals surface area contributed by atoms with Gasteiger partial charge in [-0.2, -0.15) is 0 Å². The second-order valence-electron chi connectivity index (χ2n) is 6.70. The molecule has 2 aromatic rings. The number of nitrogens with one attached hydrogen (secondary N) is 1. The molecule has 0 saturated heterocycles. The van der Waals surface area contributed by atoms with E-state index in [1.165, 1.54) is 29.5 Å². The van der Waals surface area contributed by atoms with E-state index in [0.717, 1.165) is 37.2 Å². The number of carbonyl (C=O) groups excluding carboxylic acids is 2. The molecule has 0 spiro atoms. The maximum Gasteiger partial charge on any atom is 0.276 e. The topological polar surface area (TPSA) is 84.4 Å². The summed E-state index contributed by atoms with van der Waals surface area (Å²) in [6.07, 6.45) is 3.87. The van der Waals surface area contributed by atoms with E-state index in [9.17, 15) is 14.0 Å². The Hall–Kier alpha value is -2.39. The number of benzene rings is 1. The van der Waals surface area contributed by atoms with Gasteiger partial charge in [0.2, 0.25) is 5.91 Å². The molecule has 0 aliphatic heterocycles. The average Bonchev–Trinajstić information content (AvgIpc) is 3.39. The van der Waals surface area contributed by atoms with Crippen LogP contribution in [0.25, 0.3) is 0 Å². The number of hydrogen-bond acceptors (Lipinski definition) is 6. The first-order valence-electron chi connectivity index (χ1n) is 9.23. The summed E-state index contributed by atoms with van der Waals surface area (Å²) in [6, 6.07) is 4.94. The number of nitrogens with zero attached hydrogens (tertiary/aromatic N) is 3. The third-order valence-corrected chi connectivity index (χ3v) is 5.34. The molecule has 9 heteroatoms. The summed E-state index contributed by atoms with van der Waals surface area (Å²) in [7, 11) is 1.50. The molecule has 3 rings (SSSR count). The Kier molecular flexibility index (Phi) is 7.05. The number of halogens is 1. The van der Waals surface area contributed by atoms with E-state index in [2.05, 4.69) is 14.9 Å². The van der Waals surface area contributed by atoms with Gasteiger partial charge < -0.3 is 15.0 Å². The SMILES string of the molecule is COCCN(C(=O)c1csnn1)[C@@H](C(=O)NC1CCCC1)c1ccccc1F. The molecule has 0 bridgehead atoms. The van der Waals surface area contributed by atoms with Crippen LogP contribution in [0.2, 0.25) is 0 Å². The lowest BCUT2D eigenvalue weighted by molar-refractivity contribution is -0.126. The molecule has 1 atom stereocenters. The predicted octanol–water partition coefficient (Wildman–Crippen LogP) is 2.57. The lowest BCUT2D eigenvalue weighted by atomic mass is 10.0. The maximum absolute atomic E-state index is 14.6. The summed E-state index contributed by atoms with van der Waals surface area (Å²) in [5.41, 5.74) is 0.266. The molecule has 1 aliphatic carbocycles. The Morgan fingerprint density at radius 2 is 2.11 bits per heavy atom. The number of ether oxygens (including phenoxy) is 1. The quantitative estimate of drug-likeness (QED) is 0.728. The minimum Gasteiger partial charge on any atom is -0.383 e. The molecule has 1 fully saturated rings. The van der Waals surface area contributed by atoms with Gasteiger partial charge in [-0.15, -0.1) is 5.10 Å². The van der Waals surface area contributed by atoms with Gasteiger partial charge in [-0.3, -0.25) is 9.59 Å². The number of hydrogen-bond donors (Lipinski definition) is 1. The zero-order valence-corrected chi connectivity index (χ0v) is 16.5. The van der Waals surface area contributed by atoms with Crippen LogP contribution < -0.4 is 5.32 Å². The van der Waals surface area contributed by atoms with Crippen LogP contribution in [0.1, 0.15) is 47.8 Å². The van der Waals surface area contributed by atoms with E-state index < -0.39 is 23.7 Å². The molecule has 2 amide bonds. The summed E-state index contributed by atoms with van der Waals surface area (Å²) in [4.78, 5) is 27.5. The average molecular weight is 406 g/mol. The van der Waals surface area contributed by atoms with Gasteiger partial charge in [0.15, 0.2) is 5.69 Å². The van der Waals surface area contributed by atoms with Gasteiger partial charge in [-0.05, 0) is 30.4 Å². The lowest BCUT2D eigenvalue weighted by Gasteiger charge is -2.31. The van der Waals surface area contributed by atoms with Gasteiger partial charge in [-0.1, -0.05) is 35.5 Å². The summed E-state index contributed by atoms with van der Waals surface area (Å²) >= 11 is 1.04. The largest absolute Gasteiger partial charge is 0.383 e. The van der Waals surface area contributed by atoms with Gasteiger partial charge in [0.05, 0.1) is 6.61 Å². The highest BCUT2D eigenvalue weighted by atomic mass is 32.1. The zero-order chi connectivity index (χ0) is 19.9. The van der Waals surface area contributed by atoms with Crippen LogP contribution in [0.15, 0.2) is 29.6 Å². The molecule has 1 heterocycles. The fraction of sp³-hybridized carbons (Fsp3) is 0.474. The molecule has 1 aromatic carbocycles. The molecule has 1 saturated carbocycles. The molecule has 7 nitrogen and oxygen atoms in total. The lowest BCUT2D eigenvalue weighted by Crippen LogP contribution is -2.47. The van der Waals surface area contributed by atoms with Crippen molar-refractivity contribution in [3.05, 3.63) is 46.7 Å². The van der Waals surface area contributed by atoms with E-state index in [1.54, 1.807) is 12.1 Å². The second kappa shape index (κ2) is 9.70. The van der Waals surface area contributed by atoms with E-state index in [-0.39, 0.29) is 30.5 Å². The maximum atomic E-state index is 14.6. The van der Waals surface area contributed by atoms with Crippen LogP contribution in [-0.2, 0) is 9.53 Å². The van der Waals surface area contributed by atoms with Crippen molar-refractivity contribution in [3.63, 3.8) is 0 Å². The number of rotatable bonds is 8. The van der Waals surface area contributed by atoms with Crippen LogP contribution in [0, 0.1) is 5.82 Å². The molecule has 1 aromatic heterocycles. The first kappa shape index (κ1) is 20.3. The molecule has 1 aliphatic rings. The van der Waals surface area contributed by atoms with Gasteiger partial charge in [-0.25, -0.2) is 4.39 Å². The van der Waals surface area contributed by atoms with Crippen molar-refractivity contribution >= 4 is 23.3 Å². The fourth-order valence-electron chi connectivity index (χ4n) is 3.44. The third-order valence-electron chi connectivity index (χ3n) is 4.84. The molecular weight excluding hydrogens is 383 g/mol. The third kappa shape index (κ3) is 4.71. The van der Waals surface area contributed by atoms with Crippen LogP contribution in [0.5, 0.6) is 0 Å². The standard InChI is InChI=1S/C19H23FN4O3S/c1-27-11-10-24(19(26)16-12-28-23-22-16)17(14-8-4-5-9-15(14)20)18(25)21-13-6-2-3-7-13/h4-5,8-9,12-13,17H,2-3,6-7,10-11H2,1H3,(H,21,25)/t17-/m1/s1. The normalized spacial score (nSPS) is 15.4. The smallest absolute Gasteiger partial charge is 0.276 e. The van der Waals surface area contributed by atoms with Crippen LogP contribution >= 0.6 is 11.5 Å². The van der Waals surface area contributed by atoms with E-state index >= 15 is 0 Å². The molecule has 0 radical (unpaired) electrons. The highest BCUT2D eigenvalue weighted by Gasteiger charge is 2.35. The van der Waals surface area contributed by atoms with E-state index in [1.807, 2.05) is 0 Å². The van der Waals surface area contributed by atoms with Crippen molar-refractivity contribution < 1.29 is 18.7 Å². The van der Waals surface area contributed by atoms with E-state index in [0.29, 0.717) is 0 Å². The molecule has 28 heavy (non-hydrogen) atoms.